The van der Waals surface area contributed by atoms with Gasteiger partial charge in [-0.15, -0.1) is 11.8 Å². The number of thioether (sulfide) groups is 1. The number of carboxylic acids is 1. The Morgan fingerprint density at radius 1 is 1.45 bits per heavy atom. The minimum atomic E-state index is -0.962. The van der Waals surface area contributed by atoms with Gasteiger partial charge in [-0.3, -0.25) is 4.79 Å². The topological polar surface area (TPSA) is 49.3 Å². The SMILES string of the molecule is CCNC(C)(CCCSc1ccc(F)cc1F)C(=O)O. The maximum absolute atomic E-state index is 13.4. The number of aliphatic carboxylic acids is 1. The summed E-state index contributed by atoms with van der Waals surface area (Å²) in [5, 5.41) is 12.1. The van der Waals surface area contributed by atoms with Gasteiger partial charge in [0.25, 0.3) is 0 Å². The highest BCUT2D eigenvalue weighted by Crippen LogP contribution is 2.24. The maximum Gasteiger partial charge on any atom is 0.323 e. The summed E-state index contributed by atoms with van der Waals surface area (Å²) in [6, 6.07) is 3.46. The summed E-state index contributed by atoms with van der Waals surface area (Å²) in [6.07, 6.45) is 1.07. The van der Waals surface area contributed by atoms with E-state index in [0.29, 0.717) is 30.0 Å². The van der Waals surface area contributed by atoms with E-state index >= 15 is 0 Å². The molecule has 2 N–H and O–H groups in total. The van der Waals surface area contributed by atoms with Gasteiger partial charge in [-0.2, -0.15) is 0 Å². The van der Waals surface area contributed by atoms with Crippen molar-refractivity contribution in [2.24, 2.45) is 0 Å². The predicted octanol–water partition coefficient (Wildman–Crippen LogP) is 3.29. The number of likely N-dealkylation sites (N-methyl/N-ethyl adjacent to an activating group) is 1. The van der Waals surface area contributed by atoms with Gasteiger partial charge in [0, 0.05) is 11.0 Å². The molecule has 1 aromatic carbocycles. The molecule has 1 rings (SSSR count). The lowest BCUT2D eigenvalue weighted by Gasteiger charge is -2.25. The minimum Gasteiger partial charge on any atom is -0.480 e. The van der Waals surface area contributed by atoms with E-state index in [0.717, 1.165) is 6.07 Å². The number of rotatable bonds is 8. The normalized spacial score (nSPS) is 14.0. The first-order valence-corrected chi connectivity index (χ1v) is 7.44. The maximum atomic E-state index is 13.4. The molecule has 6 heteroatoms. The molecule has 0 aliphatic rings. The van der Waals surface area contributed by atoms with E-state index in [1.54, 1.807) is 6.92 Å². The Morgan fingerprint density at radius 3 is 2.70 bits per heavy atom. The van der Waals surface area contributed by atoms with Gasteiger partial charge in [0.1, 0.15) is 17.2 Å². The van der Waals surface area contributed by atoms with Gasteiger partial charge in [0.2, 0.25) is 0 Å². The molecule has 0 saturated carbocycles. The third-order valence-corrected chi connectivity index (χ3v) is 4.15. The standard InChI is InChI=1S/C14H19F2NO2S/c1-3-17-14(2,13(18)19)7-4-8-20-12-6-5-10(15)9-11(12)16/h5-6,9,17H,3-4,7-8H2,1-2H3,(H,18,19). The van der Waals surface area contributed by atoms with Gasteiger partial charge in [-0.25, -0.2) is 8.78 Å². The predicted molar refractivity (Wildman–Crippen MR) is 76.0 cm³/mol. The average molecular weight is 303 g/mol. The summed E-state index contributed by atoms with van der Waals surface area (Å²) < 4.78 is 26.1. The fraction of sp³-hybridized carbons (Fsp3) is 0.500. The molecular formula is C14H19F2NO2S. The molecule has 0 amide bonds. The van der Waals surface area contributed by atoms with Crippen molar-refractivity contribution in [1.29, 1.82) is 0 Å². The highest BCUT2D eigenvalue weighted by atomic mass is 32.2. The zero-order chi connectivity index (χ0) is 15.2. The summed E-state index contributed by atoms with van der Waals surface area (Å²) in [5.41, 5.74) is -0.962. The second-order valence-electron chi connectivity index (χ2n) is 4.69. The molecule has 0 radical (unpaired) electrons. The second-order valence-corrected chi connectivity index (χ2v) is 5.83. The summed E-state index contributed by atoms with van der Waals surface area (Å²) in [4.78, 5) is 11.6. The summed E-state index contributed by atoms with van der Waals surface area (Å²) in [6.45, 7) is 4.06. The second kappa shape index (κ2) is 7.59. The third-order valence-electron chi connectivity index (χ3n) is 3.01. The van der Waals surface area contributed by atoms with Crippen LogP contribution in [0.5, 0.6) is 0 Å². The quantitative estimate of drug-likeness (QED) is 0.571. The van der Waals surface area contributed by atoms with Crippen molar-refractivity contribution < 1.29 is 18.7 Å². The lowest BCUT2D eigenvalue weighted by atomic mass is 9.96. The zero-order valence-corrected chi connectivity index (χ0v) is 12.4. The first-order chi connectivity index (χ1) is 9.39. The van der Waals surface area contributed by atoms with Crippen LogP contribution in [-0.2, 0) is 4.79 Å². The van der Waals surface area contributed by atoms with Crippen LogP contribution < -0.4 is 5.32 Å². The fourth-order valence-electron chi connectivity index (χ4n) is 1.86. The molecule has 0 saturated heterocycles. The fourth-order valence-corrected chi connectivity index (χ4v) is 2.73. The van der Waals surface area contributed by atoms with Crippen LogP contribution in [0.1, 0.15) is 26.7 Å². The van der Waals surface area contributed by atoms with Crippen LogP contribution in [0.3, 0.4) is 0 Å². The minimum absolute atomic E-state index is 0.381. The first-order valence-electron chi connectivity index (χ1n) is 6.45. The van der Waals surface area contributed by atoms with Gasteiger partial charge in [-0.1, -0.05) is 6.92 Å². The molecule has 112 valence electrons. The molecule has 1 aromatic rings. The summed E-state index contributed by atoms with van der Waals surface area (Å²) in [7, 11) is 0. The molecule has 1 unspecified atom stereocenters. The van der Waals surface area contributed by atoms with Crippen LogP contribution >= 0.6 is 11.8 Å². The van der Waals surface area contributed by atoms with Crippen LogP contribution in [0.25, 0.3) is 0 Å². The van der Waals surface area contributed by atoms with Crippen LogP contribution in [0.4, 0.5) is 8.78 Å². The van der Waals surface area contributed by atoms with Crippen molar-refractivity contribution in [3.8, 4) is 0 Å². The van der Waals surface area contributed by atoms with E-state index in [1.165, 1.54) is 23.9 Å². The van der Waals surface area contributed by atoms with Crippen LogP contribution in [0, 0.1) is 11.6 Å². The van der Waals surface area contributed by atoms with E-state index < -0.39 is 23.1 Å². The van der Waals surface area contributed by atoms with Gasteiger partial charge in [0.05, 0.1) is 0 Å². The third kappa shape index (κ3) is 4.76. The molecule has 0 aromatic heterocycles. The lowest BCUT2D eigenvalue weighted by molar-refractivity contribution is -0.144. The van der Waals surface area contributed by atoms with Gasteiger partial charge >= 0.3 is 5.97 Å². The summed E-state index contributed by atoms with van der Waals surface area (Å²) >= 11 is 1.26. The molecule has 0 heterocycles. The van der Waals surface area contributed by atoms with Crippen LogP contribution in [0.2, 0.25) is 0 Å². The van der Waals surface area contributed by atoms with Crippen molar-refractivity contribution in [3.05, 3.63) is 29.8 Å². The molecule has 0 aliphatic heterocycles. The number of benzene rings is 1. The molecule has 0 fully saturated rings. The van der Waals surface area contributed by atoms with Crippen molar-refractivity contribution in [1.82, 2.24) is 5.32 Å². The van der Waals surface area contributed by atoms with E-state index in [4.69, 9.17) is 0 Å². The van der Waals surface area contributed by atoms with E-state index in [-0.39, 0.29) is 0 Å². The largest absolute Gasteiger partial charge is 0.480 e. The number of halogens is 2. The molecule has 20 heavy (non-hydrogen) atoms. The van der Waals surface area contributed by atoms with E-state index in [9.17, 15) is 18.7 Å². The number of carbonyl (C=O) groups is 1. The Hall–Kier alpha value is -1.14. The molecule has 1 atom stereocenters. The van der Waals surface area contributed by atoms with Gasteiger partial charge < -0.3 is 10.4 Å². The van der Waals surface area contributed by atoms with E-state index in [1.807, 2.05) is 6.92 Å². The first kappa shape index (κ1) is 16.9. The number of hydrogen-bond donors (Lipinski definition) is 2. The monoisotopic (exact) mass is 303 g/mol. The van der Waals surface area contributed by atoms with Gasteiger partial charge in [-0.05, 0) is 44.2 Å². The Labute approximate surface area is 121 Å². The van der Waals surface area contributed by atoms with Crippen molar-refractivity contribution in [3.63, 3.8) is 0 Å². The molecular weight excluding hydrogens is 284 g/mol. The Balaban J connectivity index is 2.46. The molecule has 0 aliphatic carbocycles. The number of nitrogens with one attached hydrogen (secondary N) is 1. The van der Waals surface area contributed by atoms with Crippen LogP contribution in [-0.4, -0.2) is 28.9 Å². The Morgan fingerprint density at radius 2 is 2.15 bits per heavy atom. The molecule has 0 spiro atoms. The number of hydrogen-bond acceptors (Lipinski definition) is 3. The molecule has 3 nitrogen and oxygen atoms in total. The van der Waals surface area contributed by atoms with Gasteiger partial charge in [0.15, 0.2) is 0 Å². The van der Waals surface area contributed by atoms with Crippen molar-refractivity contribution >= 4 is 17.7 Å². The van der Waals surface area contributed by atoms with Crippen molar-refractivity contribution in [2.75, 3.05) is 12.3 Å². The van der Waals surface area contributed by atoms with Crippen molar-refractivity contribution in [2.45, 2.75) is 37.1 Å². The Kier molecular flexibility index (Phi) is 6.42. The molecule has 0 bridgehead atoms. The summed E-state index contributed by atoms with van der Waals surface area (Å²) in [5.74, 6) is -1.49. The smallest absolute Gasteiger partial charge is 0.323 e. The number of carboxylic acid groups (broad SMARTS) is 1. The highest BCUT2D eigenvalue weighted by molar-refractivity contribution is 7.99. The van der Waals surface area contributed by atoms with Crippen LogP contribution in [0.15, 0.2) is 23.1 Å². The zero-order valence-electron chi connectivity index (χ0n) is 11.6. The Bertz CT molecular complexity index is 470. The van der Waals surface area contributed by atoms with E-state index in [2.05, 4.69) is 5.32 Å². The average Bonchev–Trinajstić information content (AvgIpc) is 2.37. The highest BCUT2D eigenvalue weighted by Gasteiger charge is 2.31. The lowest BCUT2D eigenvalue weighted by Crippen LogP contribution is -2.49.